The Balaban J connectivity index is 0.00000211. The maximum atomic E-state index is 12.1. The molecule has 22 heavy (non-hydrogen) atoms. The van der Waals surface area contributed by atoms with Gasteiger partial charge in [0.25, 0.3) is 0 Å². The van der Waals surface area contributed by atoms with Gasteiger partial charge in [0.1, 0.15) is 5.75 Å². The highest BCUT2D eigenvalue weighted by Gasteiger charge is 2.23. The minimum Gasteiger partial charge on any atom is -0.496 e. The van der Waals surface area contributed by atoms with Crippen molar-refractivity contribution < 1.29 is 14.6 Å². The third-order valence-corrected chi connectivity index (χ3v) is 3.19. The second-order valence-electron chi connectivity index (χ2n) is 5.96. The van der Waals surface area contributed by atoms with Gasteiger partial charge in [0, 0.05) is 23.1 Å². The first kappa shape index (κ1) is 20.5. The third kappa shape index (κ3) is 6.06. The Morgan fingerprint density at radius 1 is 1.32 bits per heavy atom. The van der Waals surface area contributed by atoms with Gasteiger partial charge in [-0.15, -0.1) is 0 Å². The molecule has 0 heterocycles. The van der Waals surface area contributed by atoms with Crippen molar-refractivity contribution in [2.75, 3.05) is 12.4 Å². The highest BCUT2D eigenvalue weighted by atomic mass is 16.5. The zero-order chi connectivity index (χ0) is 17.3. The van der Waals surface area contributed by atoms with E-state index in [1.54, 1.807) is 7.11 Å². The molecule has 2 N–H and O–H groups in total. The quantitative estimate of drug-likeness (QED) is 0.863. The van der Waals surface area contributed by atoms with Crippen molar-refractivity contribution in [3.8, 4) is 5.75 Å². The van der Waals surface area contributed by atoms with E-state index in [4.69, 9.17) is 4.74 Å². The molecular formula is C18H31NO3. The molecule has 0 aliphatic heterocycles. The van der Waals surface area contributed by atoms with Crippen molar-refractivity contribution in [1.29, 1.82) is 0 Å². The molecule has 0 bridgehead atoms. The van der Waals surface area contributed by atoms with E-state index in [2.05, 4.69) is 5.32 Å². The van der Waals surface area contributed by atoms with Gasteiger partial charge in [-0.2, -0.15) is 0 Å². The molecule has 1 unspecified atom stereocenters. The third-order valence-electron chi connectivity index (χ3n) is 3.19. The van der Waals surface area contributed by atoms with E-state index in [-0.39, 0.29) is 5.91 Å². The summed E-state index contributed by atoms with van der Waals surface area (Å²) in [5.41, 5.74) is 1.07. The van der Waals surface area contributed by atoms with Gasteiger partial charge in [-0.1, -0.05) is 47.6 Å². The fourth-order valence-corrected chi connectivity index (χ4v) is 1.77. The Bertz CT molecular complexity index is 464. The van der Waals surface area contributed by atoms with Gasteiger partial charge in [0.05, 0.1) is 13.2 Å². The van der Waals surface area contributed by atoms with E-state index in [0.29, 0.717) is 24.3 Å². The summed E-state index contributed by atoms with van der Waals surface area (Å²) >= 11 is 0. The second kappa shape index (κ2) is 9.46. The van der Waals surface area contributed by atoms with Crippen LogP contribution in [0.1, 0.15) is 53.5 Å². The number of carbonyl (C=O) groups is 1. The average Bonchev–Trinajstić information content (AvgIpc) is 2.49. The number of methoxy groups -OCH3 is 1. The summed E-state index contributed by atoms with van der Waals surface area (Å²) in [6, 6.07) is 5.51. The molecule has 1 aromatic rings. The molecule has 1 amide bonds. The molecule has 1 atom stereocenters. The SMILES string of the molecule is CC.CCC(O)Cc1c(NC(=O)C(C)(C)C)cccc1OC. The van der Waals surface area contributed by atoms with Crippen LogP contribution < -0.4 is 10.1 Å². The van der Waals surface area contributed by atoms with Crippen LogP contribution in [-0.2, 0) is 11.2 Å². The first-order valence-electron chi connectivity index (χ1n) is 7.95. The summed E-state index contributed by atoms with van der Waals surface area (Å²) in [5, 5.41) is 12.8. The Morgan fingerprint density at radius 3 is 2.36 bits per heavy atom. The Morgan fingerprint density at radius 2 is 1.91 bits per heavy atom. The molecule has 0 saturated heterocycles. The van der Waals surface area contributed by atoms with E-state index in [1.807, 2.05) is 59.7 Å². The second-order valence-corrected chi connectivity index (χ2v) is 5.96. The molecule has 0 aromatic heterocycles. The van der Waals surface area contributed by atoms with Gasteiger partial charge in [0.15, 0.2) is 0 Å². The van der Waals surface area contributed by atoms with Crippen LogP contribution in [0.5, 0.6) is 5.75 Å². The molecule has 0 aliphatic rings. The van der Waals surface area contributed by atoms with Crippen LogP contribution in [0.25, 0.3) is 0 Å². The van der Waals surface area contributed by atoms with Gasteiger partial charge < -0.3 is 15.2 Å². The van der Waals surface area contributed by atoms with Crippen molar-refractivity contribution >= 4 is 11.6 Å². The topological polar surface area (TPSA) is 58.6 Å². The summed E-state index contributed by atoms with van der Waals surface area (Å²) in [5.74, 6) is 0.627. The number of carbonyl (C=O) groups excluding carboxylic acids is 1. The lowest BCUT2D eigenvalue weighted by molar-refractivity contribution is -0.123. The molecule has 0 saturated carbocycles. The van der Waals surface area contributed by atoms with Crippen molar-refractivity contribution in [2.45, 2.75) is 60.5 Å². The Hall–Kier alpha value is -1.55. The van der Waals surface area contributed by atoms with E-state index in [1.165, 1.54) is 0 Å². The maximum Gasteiger partial charge on any atom is 0.229 e. The number of benzene rings is 1. The number of hydrogen-bond acceptors (Lipinski definition) is 3. The van der Waals surface area contributed by atoms with Gasteiger partial charge in [0.2, 0.25) is 5.91 Å². The molecular weight excluding hydrogens is 278 g/mol. The van der Waals surface area contributed by atoms with Crippen LogP contribution in [0.15, 0.2) is 18.2 Å². The highest BCUT2D eigenvalue weighted by molar-refractivity contribution is 5.95. The number of ether oxygens (including phenoxy) is 1. The fraction of sp³-hybridized carbons (Fsp3) is 0.611. The predicted octanol–water partition coefficient (Wildman–Crippen LogP) is 4.02. The van der Waals surface area contributed by atoms with E-state index in [9.17, 15) is 9.90 Å². The lowest BCUT2D eigenvalue weighted by atomic mass is 9.95. The first-order chi connectivity index (χ1) is 10.3. The number of hydrogen-bond donors (Lipinski definition) is 2. The standard InChI is InChI=1S/C16H25NO3.C2H6/c1-6-11(18)10-12-13(8-7-9-14(12)20-5)17-15(19)16(2,3)4;1-2/h7-9,11,18H,6,10H2,1-5H3,(H,17,19);1-2H3. The van der Waals surface area contributed by atoms with Crippen LogP contribution in [0, 0.1) is 5.41 Å². The molecule has 4 heteroatoms. The van der Waals surface area contributed by atoms with Gasteiger partial charge in [-0.3, -0.25) is 4.79 Å². The van der Waals surface area contributed by atoms with E-state index >= 15 is 0 Å². The molecule has 1 rings (SSSR count). The lowest BCUT2D eigenvalue weighted by Crippen LogP contribution is -2.28. The van der Waals surface area contributed by atoms with Crippen LogP contribution in [-0.4, -0.2) is 24.2 Å². The molecule has 0 spiro atoms. The highest BCUT2D eigenvalue weighted by Crippen LogP contribution is 2.29. The number of rotatable bonds is 5. The minimum atomic E-state index is -0.469. The Labute approximate surface area is 134 Å². The molecule has 4 nitrogen and oxygen atoms in total. The zero-order valence-corrected chi connectivity index (χ0v) is 15.0. The monoisotopic (exact) mass is 309 g/mol. The maximum absolute atomic E-state index is 12.1. The van der Waals surface area contributed by atoms with E-state index < -0.39 is 11.5 Å². The van der Waals surface area contributed by atoms with Crippen molar-refractivity contribution in [3.05, 3.63) is 23.8 Å². The van der Waals surface area contributed by atoms with Crippen LogP contribution in [0.2, 0.25) is 0 Å². The summed E-state index contributed by atoms with van der Waals surface area (Å²) < 4.78 is 5.34. The van der Waals surface area contributed by atoms with Gasteiger partial charge >= 0.3 is 0 Å². The smallest absolute Gasteiger partial charge is 0.229 e. The number of anilines is 1. The number of aliphatic hydroxyl groups is 1. The molecule has 0 fully saturated rings. The molecule has 1 aromatic carbocycles. The molecule has 126 valence electrons. The Kier molecular flexibility index (Phi) is 8.80. The first-order valence-corrected chi connectivity index (χ1v) is 7.95. The number of amides is 1. The van der Waals surface area contributed by atoms with Gasteiger partial charge in [-0.05, 0) is 18.6 Å². The van der Waals surface area contributed by atoms with Crippen molar-refractivity contribution in [2.24, 2.45) is 5.41 Å². The fourth-order valence-electron chi connectivity index (χ4n) is 1.77. The summed E-state index contributed by atoms with van der Waals surface area (Å²) in [6.45, 7) is 11.5. The van der Waals surface area contributed by atoms with Crippen LogP contribution in [0.4, 0.5) is 5.69 Å². The predicted molar refractivity (Wildman–Crippen MR) is 92.4 cm³/mol. The minimum absolute atomic E-state index is 0.0574. The van der Waals surface area contributed by atoms with Crippen molar-refractivity contribution in [1.82, 2.24) is 0 Å². The average molecular weight is 309 g/mol. The normalized spacial score (nSPS) is 12.0. The van der Waals surface area contributed by atoms with Crippen LogP contribution in [0.3, 0.4) is 0 Å². The summed E-state index contributed by atoms with van der Waals surface area (Å²) in [4.78, 5) is 12.1. The molecule has 0 radical (unpaired) electrons. The van der Waals surface area contributed by atoms with Crippen LogP contribution >= 0.6 is 0 Å². The van der Waals surface area contributed by atoms with Gasteiger partial charge in [-0.25, -0.2) is 0 Å². The summed E-state index contributed by atoms with van der Waals surface area (Å²) in [7, 11) is 1.59. The van der Waals surface area contributed by atoms with Crippen molar-refractivity contribution in [3.63, 3.8) is 0 Å². The largest absolute Gasteiger partial charge is 0.496 e. The lowest BCUT2D eigenvalue weighted by Gasteiger charge is -2.21. The number of aliphatic hydroxyl groups excluding tert-OH is 1. The van der Waals surface area contributed by atoms with E-state index in [0.717, 1.165) is 5.56 Å². The summed E-state index contributed by atoms with van der Waals surface area (Å²) in [6.07, 6.45) is 0.668. The molecule has 0 aliphatic carbocycles. The number of nitrogens with one attached hydrogen (secondary N) is 1. The zero-order valence-electron chi connectivity index (χ0n) is 15.0.